The molecule has 0 spiro atoms. The molecule has 0 bridgehead atoms. The second-order valence-corrected chi connectivity index (χ2v) is 8.83. The first-order valence-corrected chi connectivity index (χ1v) is 12.2. The summed E-state index contributed by atoms with van der Waals surface area (Å²) in [7, 11) is 2.01. The topological polar surface area (TPSA) is 54.2 Å². The normalized spacial score (nSPS) is 20.8. The molecular formula is C29H33FN4O. The highest BCUT2D eigenvalue weighted by Gasteiger charge is 2.22. The molecule has 1 aromatic heterocycles. The van der Waals surface area contributed by atoms with E-state index < -0.39 is 0 Å². The second kappa shape index (κ2) is 12.3. The van der Waals surface area contributed by atoms with Gasteiger partial charge in [-0.05, 0) is 81.3 Å². The lowest BCUT2D eigenvalue weighted by atomic mass is 9.97. The fourth-order valence-corrected chi connectivity index (χ4v) is 4.51. The Kier molecular flexibility index (Phi) is 8.63. The molecule has 0 saturated carbocycles. The lowest BCUT2D eigenvalue weighted by Crippen LogP contribution is -2.20. The van der Waals surface area contributed by atoms with Gasteiger partial charge in [0.05, 0.1) is 6.33 Å². The highest BCUT2D eigenvalue weighted by Crippen LogP contribution is 2.29. The zero-order valence-electron chi connectivity index (χ0n) is 20.4. The summed E-state index contributed by atoms with van der Waals surface area (Å²) in [6.45, 7) is 5.22. The first kappa shape index (κ1) is 24.6. The molecule has 1 fully saturated rings. The minimum absolute atomic E-state index is 0.0227. The molecule has 182 valence electrons. The molecule has 1 N–H and O–H groups in total. The zero-order chi connectivity index (χ0) is 24.5. The maximum atomic E-state index is 12.5. The van der Waals surface area contributed by atoms with E-state index in [1.807, 2.05) is 62.6 Å². The van der Waals surface area contributed by atoms with Crippen LogP contribution in [-0.4, -0.2) is 36.9 Å². The lowest BCUT2D eigenvalue weighted by molar-refractivity contribution is 0.521. The number of benzene rings is 1. The SMILES string of the molecule is C\C=C/C(=C\C=C\F)C1C=CC=C(c2nnc(-c3ccc(N4CCC(CCNC)C4)cc3)o2)C=C1. The van der Waals surface area contributed by atoms with E-state index in [0.29, 0.717) is 18.1 Å². The number of halogens is 1. The van der Waals surface area contributed by atoms with Gasteiger partial charge in [0, 0.05) is 35.8 Å². The summed E-state index contributed by atoms with van der Waals surface area (Å²) in [5.74, 6) is 1.74. The summed E-state index contributed by atoms with van der Waals surface area (Å²) in [4.78, 5) is 2.45. The van der Waals surface area contributed by atoms with Gasteiger partial charge in [0.15, 0.2) is 0 Å². The first-order chi connectivity index (χ1) is 17.2. The van der Waals surface area contributed by atoms with E-state index in [-0.39, 0.29) is 5.92 Å². The van der Waals surface area contributed by atoms with Crippen molar-refractivity contribution in [3.63, 3.8) is 0 Å². The van der Waals surface area contributed by atoms with Crippen molar-refractivity contribution in [1.29, 1.82) is 0 Å². The molecule has 2 aliphatic rings. The van der Waals surface area contributed by atoms with E-state index in [9.17, 15) is 4.39 Å². The van der Waals surface area contributed by atoms with Crippen LogP contribution in [0.2, 0.25) is 0 Å². The van der Waals surface area contributed by atoms with Gasteiger partial charge in [-0.25, -0.2) is 4.39 Å². The van der Waals surface area contributed by atoms with Crippen LogP contribution in [0.3, 0.4) is 0 Å². The number of anilines is 1. The van der Waals surface area contributed by atoms with Gasteiger partial charge in [0.1, 0.15) is 0 Å². The highest BCUT2D eigenvalue weighted by molar-refractivity contribution is 5.72. The molecule has 2 heterocycles. The molecule has 2 unspecified atom stereocenters. The Labute approximate surface area is 207 Å². The average molecular weight is 473 g/mol. The van der Waals surface area contributed by atoms with Crippen molar-refractivity contribution in [3.05, 3.63) is 96.7 Å². The van der Waals surface area contributed by atoms with Crippen molar-refractivity contribution >= 4 is 11.3 Å². The molecule has 35 heavy (non-hydrogen) atoms. The third kappa shape index (κ3) is 6.34. The van der Waals surface area contributed by atoms with Crippen molar-refractivity contribution in [2.75, 3.05) is 31.6 Å². The van der Waals surface area contributed by atoms with Gasteiger partial charge < -0.3 is 14.6 Å². The van der Waals surface area contributed by atoms with Crippen molar-refractivity contribution in [2.24, 2.45) is 11.8 Å². The second-order valence-electron chi connectivity index (χ2n) is 8.83. The largest absolute Gasteiger partial charge is 0.416 e. The Hall–Kier alpha value is -3.51. The number of nitrogens with one attached hydrogen (secondary N) is 1. The number of hydrogen-bond acceptors (Lipinski definition) is 5. The number of allylic oxidation sites excluding steroid dienone is 11. The number of aromatic nitrogens is 2. The van der Waals surface area contributed by atoms with Crippen molar-refractivity contribution < 1.29 is 8.81 Å². The monoisotopic (exact) mass is 472 g/mol. The minimum atomic E-state index is 0.0227. The molecule has 1 saturated heterocycles. The molecule has 1 aromatic carbocycles. The lowest BCUT2D eigenvalue weighted by Gasteiger charge is -2.19. The highest BCUT2D eigenvalue weighted by atomic mass is 19.1. The van der Waals surface area contributed by atoms with Crippen molar-refractivity contribution in [3.8, 4) is 11.5 Å². The van der Waals surface area contributed by atoms with Crippen LogP contribution in [0.4, 0.5) is 10.1 Å². The summed E-state index contributed by atoms with van der Waals surface area (Å²) in [5, 5.41) is 11.8. The summed E-state index contributed by atoms with van der Waals surface area (Å²) < 4.78 is 18.5. The Bertz CT molecular complexity index is 1150. The maximum Gasteiger partial charge on any atom is 0.248 e. The molecular weight excluding hydrogens is 439 g/mol. The fraction of sp³-hybridized carbons (Fsp3) is 0.310. The maximum absolute atomic E-state index is 12.5. The molecule has 2 atom stereocenters. The summed E-state index contributed by atoms with van der Waals surface area (Å²) in [5.41, 5.74) is 3.96. The van der Waals surface area contributed by atoms with Crippen LogP contribution < -0.4 is 10.2 Å². The first-order valence-electron chi connectivity index (χ1n) is 12.2. The number of nitrogens with zero attached hydrogens (tertiary/aromatic N) is 3. The molecule has 6 heteroatoms. The van der Waals surface area contributed by atoms with E-state index in [2.05, 4.69) is 38.6 Å². The van der Waals surface area contributed by atoms with Gasteiger partial charge in [-0.3, -0.25) is 0 Å². The Morgan fingerprint density at radius 2 is 2.03 bits per heavy atom. The van der Waals surface area contributed by atoms with Gasteiger partial charge >= 0.3 is 0 Å². The molecule has 0 radical (unpaired) electrons. The summed E-state index contributed by atoms with van der Waals surface area (Å²) in [6.07, 6.45) is 20.1. The minimum Gasteiger partial charge on any atom is -0.416 e. The Morgan fingerprint density at radius 3 is 2.80 bits per heavy atom. The molecule has 5 nitrogen and oxygen atoms in total. The van der Waals surface area contributed by atoms with Crippen LogP contribution in [0.5, 0.6) is 0 Å². The van der Waals surface area contributed by atoms with Crippen LogP contribution in [0.25, 0.3) is 17.0 Å². The van der Waals surface area contributed by atoms with Crippen LogP contribution in [-0.2, 0) is 0 Å². The molecule has 1 aliphatic carbocycles. The van der Waals surface area contributed by atoms with E-state index in [4.69, 9.17) is 4.42 Å². The number of rotatable bonds is 9. The predicted molar refractivity (Wildman–Crippen MR) is 141 cm³/mol. The quantitative estimate of drug-likeness (QED) is 0.435. The summed E-state index contributed by atoms with van der Waals surface area (Å²) in [6, 6.07) is 8.37. The third-order valence-corrected chi connectivity index (χ3v) is 6.42. The van der Waals surface area contributed by atoms with Crippen LogP contribution >= 0.6 is 0 Å². The fourth-order valence-electron chi connectivity index (χ4n) is 4.51. The Morgan fingerprint density at radius 1 is 1.20 bits per heavy atom. The van der Waals surface area contributed by atoms with Gasteiger partial charge in [-0.2, -0.15) is 0 Å². The third-order valence-electron chi connectivity index (χ3n) is 6.42. The van der Waals surface area contributed by atoms with Gasteiger partial charge in [0.25, 0.3) is 0 Å². The molecule has 2 aromatic rings. The Balaban J connectivity index is 1.43. The smallest absolute Gasteiger partial charge is 0.248 e. The van der Waals surface area contributed by atoms with E-state index in [1.54, 1.807) is 6.08 Å². The number of hydrogen-bond donors (Lipinski definition) is 1. The van der Waals surface area contributed by atoms with Gasteiger partial charge in [0.2, 0.25) is 11.8 Å². The van der Waals surface area contributed by atoms with Crippen LogP contribution in [0, 0.1) is 11.8 Å². The van der Waals surface area contributed by atoms with Crippen LogP contribution in [0.15, 0.2) is 95.3 Å². The van der Waals surface area contributed by atoms with Crippen LogP contribution in [0.1, 0.15) is 25.7 Å². The molecule has 0 amide bonds. The summed E-state index contributed by atoms with van der Waals surface area (Å²) >= 11 is 0. The van der Waals surface area contributed by atoms with E-state index in [0.717, 1.165) is 42.3 Å². The van der Waals surface area contributed by atoms with Crippen molar-refractivity contribution in [2.45, 2.75) is 19.8 Å². The van der Waals surface area contributed by atoms with Crippen molar-refractivity contribution in [1.82, 2.24) is 15.5 Å². The van der Waals surface area contributed by atoms with E-state index >= 15 is 0 Å². The van der Waals surface area contributed by atoms with E-state index in [1.165, 1.54) is 24.6 Å². The zero-order valence-corrected chi connectivity index (χ0v) is 20.4. The molecule has 4 rings (SSSR count). The van der Waals surface area contributed by atoms with Gasteiger partial charge in [-0.1, -0.05) is 42.5 Å². The van der Waals surface area contributed by atoms with Gasteiger partial charge in [-0.15, -0.1) is 10.2 Å². The standard InChI is InChI=1S/C29H33FN4O/c1-3-6-23(9-5-18-30)24-7-4-8-25(11-10-24)28-32-33-29(35-28)26-12-14-27(15-13-26)34-20-17-22(21-34)16-19-31-2/h3-15,18,22,24,31H,16-17,19-21H2,1-2H3/b6-3-,18-5+,23-9+. The predicted octanol–water partition coefficient (Wildman–Crippen LogP) is 6.28. The molecule has 1 aliphatic heterocycles. The average Bonchev–Trinajstić information content (AvgIpc) is 3.51.